The highest BCUT2D eigenvalue weighted by molar-refractivity contribution is 5.94. The predicted octanol–water partition coefficient (Wildman–Crippen LogP) is 3.90. The molecule has 2 aromatic heterocycles. The normalized spacial score (nSPS) is 15.8. The largest absolute Gasteiger partial charge is 0.337 e. The Kier molecular flexibility index (Phi) is 3.81. The van der Waals surface area contributed by atoms with Crippen LogP contribution in [0.1, 0.15) is 30.3 Å². The molecule has 1 saturated heterocycles. The van der Waals surface area contributed by atoms with Gasteiger partial charge in [0.15, 0.2) is 0 Å². The van der Waals surface area contributed by atoms with Gasteiger partial charge in [-0.15, -0.1) is 0 Å². The predicted molar refractivity (Wildman–Crippen MR) is 95.4 cm³/mol. The van der Waals surface area contributed by atoms with Gasteiger partial charge in [-0.3, -0.25) is 4.79 Å². The number of fused-ring (bicyclic) bond motifs is 1. The lowest BCUT2D eigenvalue weighted by atomic mass is 9.99. The van der Waals surface area contributed by atoms with Gasteiger partial charge in [0, 0.05) is 25.0 Å². The van der Waals surface area contributed by atoms with Gasteiger partial charge in [-0.05, 0) is 49.1 Å². The summed E-state index contributed by atoms with van der Waals surface area (Å²) in [6, 6.07) is 16.0. The summed E-state index contributed by atoms with van der Waals surface area (Å²) < 4.78 is 2.10. The number of aromatic nitrogens is 2. The number of pyridine rings is 1. The van der Waals surface area contributed by atoms with E-state index in [0.29, 0.717) is 11.6 Å². The fourth-order valence-electron chi connectivity index (χ4n) is 3.33. The first kappa shape index (κ1) is 14.9. The first-order chi connectivity index (χ1) is 11.7. The van der Waals surface area contributed by atoms with E-state index in [9.17, 15) is 4.79 Å². The number of hydrogen-bond acceptors (Lipinski definition) is 2. The molecule has 0 bridgehead atoms. The summed E-state index contributed by atoms with van der Waals surface area (Å²) in [4.78, 5) is 19.2. The molecule has 4 rings (SSSR count). The van der Waals surface area contributed by atoms with Crippen LogP contribution < -0.4 is 0 Å². The zero-order chi connectivity index (χ0) is 16.5. The standard InChI is InChI=1S/C20H21N3O/c1-15-9-12-22(13-10-15)20(24)18-7-8-19-17(21-18)11-14-23(19)16-5-3-2-4-6-16/h2-8,11,14-15H,9-10,12-13H2,1H3. The van der Waals surface area contributed by atoms with Crippen molar-refractivity contribution in [1.29, 1.82) is 0 Å². The van der Waals surface area contributed by atoms with Gasteiger partial charge in [0.05, 0.1) is 11.0 Å². The van der Waals surface area contributed by atoms with Gasteiger partial charge in [-0.2, -0.15) is 0 Å². The van der Waals surface area contributed by atoms with Crippen molar-refractivity contribution in [2.45, 2.75) is 19.8 Å². The van der Waals surface area contributed by atoms with E-state index >= 15 is 0 Å². The summed E-state index contributed by atoms with van der Waals surface area (Å²) >= 11 is 0. The molecule has 0 spiro atoms. The number of carbonyl (C=O) groups is 1. The van der Waals surface area contributed by atoms with E-state index in [1.165, 1.54) is 0 Å². The van der Waals surface area contributed by atoms with Crippen LogP contribution in [0.3, 0.4) is 0 Å². The molecule has 1 aromatic carbocycles. The van der Waals surface area contributed by atoms with Crippen molar-refractivity contribution in [3.63, 3.8) is 0 Å². The van der Waals surface area contributed by atoms with Gasteiger partial charge in [-0.25, -0.2) is 4.98 Å². The van der Waals surface area contributed by atoms with Crippen molar-refractivity contribution in [3.05, 3.63) is 60.4 Å². The van der Waals surface area contributed by atoms with Gasteiger partial charge in [-0.1, -0.05) is 25.1 Å². The zero-order valence-electron chi connectivity index (χ0n) is 13.9. The molecule has 4 heteroatoms. The Labute approximate surface area is 141 Å². The van der Waals surface area contributed by atoms with Gasteiger partial charge < -0.3 is 9.47 Å². The molecular weight excluding hydrogens is 298 g/mol. The third kappa shape index (κ3) is 2.68. The van der Waals surface area contributed by atoms with Gasteiger partial charge >= 0.3 is 0 Å². The van der Waals surface area contributed by atoms with Crippen molar-refractivity contribution in [2.75, 3.05) is 13.1 Å². The lowest BCUT2D eigenvalue weighted by Crippen LogP contribution is -2.38. The third-order valence-electron chi connectivity index (χ3n) is 4.87. The second-order valence-electron chi connectivity index (χ2n) is 6.60. The molecule has 4 nitrogen and oxygen atoms in total. The number of likely N-dealkylation sites (tertiary alicyclic amines) is 1. The van der Waals surface area contributed by atoms with E-state index in [2.05, 4.69) is 28.6 Å². The summed E-state index contributed by atoms with van der Waals surface area (Å²) in [5.74, 6) is 0.764. The molecule has 0 N–H and O–H groups in total. The highest BCUT2D eigenvalue weighted by Gasteiger charge is 2.22. The summed E-state index contributed by atoms with van der Waals surface area (Å²) in [5.41, 5.74) is 3.52. The molecule has 1 aliphatic rings. The summed E-state index contributed by atoms with van der Waals surface area (Å²) in [5, 5.41) is 0. The minimum atomic E-state index is 0.0521. The fourth-order valence-corrected chi connectivity index (χ4v) is 3.33. The van der Waals surface area contributed by atoms with Crippen LogP contribution >= 0.6 is 0 Å². The maximum absolute atomic E-state index is 12.7. The van der Waals surface area contributed by atoms with E-state index in [0.717, 1.165) is 42.7 Å². The molecule has 1 amide bonds. The Morgan fingerprint density at radius 3 is 2.54 bits per heavy atom. The van der Waals surface area contributed by atoms with Crippen molar-refractivity contribution in [3.8, 4) is 5.69 Å². The van der Waals surface area contributed by atoms with Crippen molar-refractivity contribution in [1.82, 2.24) is 14.5 Å². The van der Waals surface area contributed by atoms with E-state index in [4.69, 9.17) is 0 Å². The first-order valence-corrected chi connectivity index (χ1v) is 8.55. The van der Waals surface area contributed by atoms with Crippen LogP contribution in [0.15, 0.2) is 54.7 Å². The topological polar surface area (TPSA) is 38.1 Å². The van der Waals surface area contributed by atoms with Crippen molar-refractivity contribution < 1.29 is 4.79 Å². The molecule has 122 valence electrons. The number of rotatable bonds is 2. The maximum Gasteiger partial charge on any atom is 0.272 e. The van der Waals surface area contributed by atoms with E-state index in [-0.39, 0.29) is 5.91 Å². The number of hydrogen-bond donors (Lipinski definition) is 0. The van der Waals surface area contributed by atoms with Crippen LogP contribution in [0.2, 0.25) is 0 Å². The van der Waals surface area contributed by atoms with Crippen LogP contribution in [0, 0.1) is 5.92 Å². The lowest BCUT2D eigenvalue weighted by Gasteiger charge is -2.30. The number of nitrogens with zero attached hydrogens (tertiary/aromatic N) is 3. The Morgan fingerprint density at radius 1 is 1.04 bits per heavy atom. The van der Waals surface area contributed by atoms with E-state index < -0.39 is 0 Å². The molecule has 0 radical (unpaired) electrons. The molecule has 1 fully saturated rings. The molecule has 0 atom stereocenters. The minimum Gasteiger partial charge on any atom is -0.337 e. The number of piperidine rings is 1. The Hall–Kier alpha value is -2.62. The van der Waals surface area contributed by atoms with Crippen LogP contribution in [0.25, 0.3) is 16.7 Å². The number of amides is 1. The number of benzene rings is 1. The minimum absolute atomic E-state index is 0.0521. The average molecular weight is 319 g/mol. The molecule has 0 aliphatic carbocycles. The highest BCUT2D eigenvalue weighted by atomic mass is 16.2. The van der Waals surface area contributed by atoms with Crippen molar-refractivity contribution in [2.24, 2.45) is 5.92 Å². The first-order valence-electron chi connectivity index (χ1n) is 8.55. The molecule has 1 aliphatic heterocycles. The van der Waals surface area contributed by atoms with Crippen LogP contribution in [0.5, 0.6) is 0 Å². The average Bonchev–Trinajstić information content (AvgIpc) is 3.05. The summed E-state index contributed by atoms with van der Waals surface area (Å²) in [6.45, 7) is 3.92. The lowest BCUT2D eigenvalue weighted by molar-refractivity contribution is 0.0691. The molecule has 0 saturated carbocycles. The second-order valence-corrected chi connectivity index (χ2v) is 6.60. The Morgan fingerprint density at radius 2 is 1.79 bits per heavy atom. The van der Waals surface area contributed by atoms with Crippen LogP contribution in [0.4, 0.5) is 0 Å². The maximum atomic E-state index is 12.7. The number of para-hydroxylation sites is 1. The zero-order valence-corrected chi connectivity index (χ0v) is 13.9. The molecule has 24 heavy (non-hydrogen) atoms. The van der Waals surface area contributed by atoms with Gasteiger partial charge in [0.25, 0.3) is 5.91 Å². The Balaban J connectivity index is 1.64. The van der Waals surface area contributed by atoms with Gasteiger partial charge in [0.2, 0.25) is 0 Å². The number of carbonyl (C=O) groups excluding carboxylic acids is 1. The monoisotopic (exact) mass is 319 g/mol. The van der Waals surface area contributed by atoms with Crippen LogP contribution in [-0.2, 0) is 0 Å². The summed E-state index contributed by atoms with van der Waals surface area (Å²) in [6.07, 6.45) is 4.17. The SMILES string of the molecule is CC1CCN(C(=O)c2ccc3c(ccn3-c3ccccc3)n2)CC1. The Bertz CT molecular complexity index is 861. The van der Waals surface area contributed by atoms with Gasteiger partial charge in [0.1, 0.15) is 5.69 Å². The smallest absolute Gasteiger partial charge is 0.272 e. The summed E-state index contributed by atoms with van der Waals surface area (Å²) in [7, 11) is 0. The second kappa shape index (κ2) is 6.11. The van der Waals surface area contributed by atoms with E-state index in [1.54, 1.807) is 0 Å². The van der Waals surface area contributed by atoms with Crippen molar-refractivity contribution >= 4 is 16.9 Å². The van der Waals surface area contributed by atoms with E-state index in [1.807, 2.05) is 47.5 Å². The highest BCUT2D eigenvalue weighted by Crippen LogP contribution is 2.21. The fraction of sp³-hybridized carbons (Fsp3) is 0.300. The molecule has 3 heterocycles. The molecule has 3 aromatic rings. The molecular formula is C20H21N3O. The van der Waals surface area contributed by atoms with Crippen LogP contribution in [-0.4, -0.2) is 33.4 Å². The molecule has 0 unspecified atom stereocenters. The quantitative estimate of drug-likeness (QED) is 0.718. The third-order valence-corrected chi connectivity index (χ3v) is 4.87.